The summed E-state index contributed by atoms with van der Waals surface area (Å²) in [6, 6.07) is 31.2. The lowest BCUT2D eigenvalue weighted by Gasteiger charge is -2.23. The molecule has 1 amide bonds. The normalized spacial score (nSPS) is 18.8. The molecule has 0 saturated heterocycles. The molecule has 1 aromatic heterocycles. The van der Waals surface area contributed by atoms with Gasteiger partial charge in [0, 0.05) is 10.8 Å². The van der Waals surface area contributed by atoms with E-state index in [2.05, 4.69) is 95.4 Å². The zero-order chi connectivity index (χ0) is 22.0. The van der Waals surface area contributed by atoms with Gasteiger partial charge in [-0.2, -0.15) is 0 Å². The topological polar surface area (TPSA) is 42.0 Å². The highest BCUT2D eigenvalue weighted by molar-refractivity contribution is 7.13. The molecule has 1 unspecified atom stereocenters. The third kappa shape index (κ3) is 3.65. The summed E-state index contributed by atoms with van der Waals surface area (Å²) < 4.78 is 0. The summed E-state index contributed by atoms with van der Waals surface area (Å²) in [5.41, 5.74) is 3.86. The summed E-state index contributed by atoms with van der Waals surface area (Å²) in [7, 11) is 0. The number of amides is 1. The van der Waals surface area contributed by atoms with Crippen LogP contribution in [0.2, 0.25) is 0 Å². The first kappa shape index (κ1) is 20.7. The van der Waals surface area contributed by atoms with Crippen molar-refractivity contribution in [2.45, 2.75) is 31.6 Å². The molecule has 0 aliphatic heterocycles. The van der Waals surface area contributed by atoms with E-state index in [4.69, 9.17) is 0 Å². The summed E-state index contributed by atoms with van der Waals surface area (Å²) in [5.74, 6) is 0.0363. The third-order valence-corrected chi connectivity index (χ3v) is 7.56. The molecule has 1 aliphatic carbocycles. The zero-order valence-corrected chi connectivity index (χ0v) is 18.9. The Bertz CT molecular complexity index is 1160. The van der Waals surface area contributed by atoms with E-state index in [1.807, 2.05) is 18.2 Å². The van der Waals surface area contributed by atoms with E-state index in [-0.39, 0.29) is 11.3 Å². The Hall–Kier alpha value is -3.24. The number of anilines is 1. The summed E-state index contributed by atoms with van der Waals surface area (Å²) in [6.45, 7) is 2.08. The van der Waals surface area contributed by atoms with E-state index in [0.717, 1.165) is 25.0 Å². The van der Waals surface area contributed by atoms with Gasteiger partial charge in [-0.15, -0.1) is 11.3 Å². The van der Waals surface area contributed by atoms with E-state index in [1.54, 1.807) is 0 Å². The lowest BCUT2D eigenvalue weighted by molar-refractivity contribution is -0.121. The van der Waals surface area contributed by atoms with Crippen LogP contribution in [0.5, 0.6) is 0 Å². The standard InChI is InChI=1S/C28H26N2OS/c1-27(20-28(27,22-13-7-3-8-14-22)23-15-9-4-10-16-23)25(31)30-26-29-24(19-32-26)18-17-21-11-5-2-6-12-21/h2-16,19H,17-18,20H2,1H3,(H,29,30,31). The van der Waals surface area contributed by atoms with Crippen LogP contribution in [0.4, 0.5) is 5.13 Å². The van der Waals surface area contributed by atoms with E-state index >= 15 is 0 Å². The second kappa shape index (κ2) is 8.36. The molecule has 4 aromatic rings. The molecule has 3 aromatic carbocycles. The van der Waals surface area contributed by atoms with Gasteiger partial charge in [0.25, 0.3) is 0 Å². The largest absolute Gasteiger partial charge is 0.301 e. The van der Waals surface area contributed by atoms with Gasteiger partial charge < -0.3 is 5.32 Å². The quantitative estimate of drug-likeness (QED) is 0.370. The number of hydrogen-bond acceptors (Lipinski definition) is 3. The zero-order valence-electron chi connectivity index (χ0n) is 18.1. The van der Waals surface area contributed by atoms with Crippen LogP contribution >= 0.6 is 11.3 Å². The Kier molecular flexibility index (Phi) is 5.40. The number of aromatic nitrogens is 1. The van der Waals surface area contributed by atoms with Crippen LogP contribution in [0.15, 0.2) is 96.4 Å². The summed E-state index contributed by atoms with van der Waals surface area (Å²) in [4.78, 5) is 18.2. The highest BCUT2D eigenvalue weighted by Gasteiger charge is 2.70. The van der Waals surface area contributed by atoms with Gasteiger partial charge in [0.15, 0.2) is 5.13 Å². The molecule has 1 aliphatic rings. The van der Waals surface area contributed by atoms with E-state index in [0.29, 0.717) is 5.13 Å². The van der Waals surface area contributed by atoms with E-state index in [1.165, 1.54) is 28.0 Å². The molecular weight excluding hydrogens is 412 g/mol. The summed E-state index contributed by atoms with van der Waals surface area (Å²) in [5, 5.41) is 5.86. The van der Waals surface area contributed by atoms with Crippen LogP contribution in [0.3, 0.4) is 0 Å². The van der Waals surface area contributed by atoms with Crippen molar-refractivity contribution in [2.24, 2.45) is 5.41 Å². The SMILES string of the molecule is CC1(C(=O)Nc2nc(CCc3ccccc3)cs2)CC1(c1ccccc1)c1ccccc1. The van der Waals surface area contributed by atoms with E-state index in [9.17, 15) is 4.79 Å². The number of aryl methyl sites for hydroxylation is 2. The van der Waals surface area contributed by atoms with Crippen LogP contribution in [-0.4, -0.2) is 10.9 Å². The predicted octanol–water partition coefficient (Wildman–Crippen LogP) is 6.26. The number of rotatable bonds is 7. The van der Waals surface area contributed by atoms with Gasteiger partial charge in [0.1, 0.15) is 0 Å². The van der Waals surface area contributed by atoms with Crippen molar-refractivity contribution >= 4 is 22.4 Å². The molecule has 1 saturated carbocycles. The van der Waals surface area contributed by atoms with Gasteiger partial charge in [-0.25, -0.2) is 4.98 Å². The van der Waals surface area contributed by atoms with Crippen molar-refractivity contribution in [3.63, 3.8) is 0 Å². The fourth-order valence-electron chi connectivity index (χ4n) is 4.84. The minimum atomic E-state index is -0.522. The van der Waals surface area contributed by atoms with Gasteiger partial charge in [0.2, 0.25) is 5.91 Å². The number of hydrogen-bond donors (Lipinski definition) is 1. The average molecular weight is 439 g/mol. The fraction of sp³-hybridized carbons (Fsp3) is 0.214. The summed E-state index contributed by atoms with van der Waals surface area (Å²) in [6.07, 6.45) is 2.60. The van der Waals surface area contributed by atoms with Crippen LogP contribution in [0, 0.1) is 5.41 Å². The number of thiazole rings is 1. The Morgan fingerprint density at radius 3 is 2.03 bits per heavy atom. The molecule has 4 heteroatoms. The molecule has 1 heterocycles. The monoisotopic (exact) mass is 438 g/mol. The minimum absolute atomic E-state index is 0.0363. The second-order valence-corrected chi connectivity index (χ2v) is 9.59. The lowest BCUT2D eigenvalue weighted by Crippen LogP contribution is -2.30. The maximum Gasteiger partial charge on any atom is 0.233 e. The van der Waals surface area contributed by atoms with Gasteiger partial charge >= 0.3 is 0 Å². The van der Waals surface area contributed by atoms with Crippen molar-refractivity contribution in [3.8, 4) is 0 Å². The number of nitrogens with zero attached hydrogens (tertiary/aromatic N) is 1. The maximum atomic E-state index is 13.5. The maximum absolute atomic E-state index is 13.5. The molecule has 3 nitrogen and oxygen atoms in total. The Balaban J connectivity index is 1.34. The number of nitrogens with one attached hydrogen (secondary N) is 1. The first-order valence-corrected chi connectivity index (χ1v) is 11.9. The summed E-state index contributed by atoms with van der Waals surface area (Å²) >= 11 is 1.51. The predicted molar refractivity (Wildman–Crippen MR) is 131 cm³/mol. The molecule has 32 heavy (non-hydrogen) atoms. The second-order valence-electron chi connectivity index (χ2n) is 8.73. The van der Waals surface area contributed by atoms with Gasteiger partial charge in [-0.1, -0.05) is 91.0 Å². The Labute approximate surface area is 193 Å². The Morgan fingerprint density at radius 1 is 0.875 bits per heavy atom. The molecule has 0 radical (unpaired) electrons. The van der Waals surface area contributed by atoms with Crippen LogP contribution < -0.4 is 5.32 Å². The van der Waals surface area contributed by atoms with Crippen molar-refractivity contribution < 1.29 is 4.79 Å². The third-order valence-electron chi connectivity index (χ3n) is 6.75. The molecule has 160 valence electrons. The Morgan fingerprint density at radius 2 is 1.44 bits per heavy atom. The van der Waals surface area contributed by atoms with Gasteiger partial charge in [0.05, 0.1) is 11.1 Å². The van der Waals surface area contributed by atoms with Crippen molar-refractivity contribution in [3.05, 3.63) is 119 Å². The van der Waals surface area contributed by atoms with Crippen molar-refractivity contribution in [1.29, 1.82) is 0 Å². The van der Waals surface area contributed by atoms with Crippen LogP contribution in [0.25, 0.3) is 0 Å². The van der Waals surface area contributed by atoms with E-state index < -0.39 is 5.41 Å². The number of benzene rings is 3. The number of carbonyl (C=O) groups is 1. The first-order chi connectivity index (χ1) is 15.6. The van der Waals surface area contributed by atoms with Gasteiger partial charge in [-0.3, -0.25) is 4.79 Å². The fourth-order valence-corrected chi connectivity index (χ4v) is 5.58. The lowest BCUT2D eigenvalue weighted by atomic mass is 9.80. The van der Waals surface area contributed by atoms with Crippen molar-refractivity contribution in [1.82, 2.24) is 4.98 Å². The van der Waals surface area contributed by atoms with Gasteiger partial charge in [-0.05, 0) is 42.9 Å². The molecule has 0 bridgehead atoms. The number of carbonyl (C=O) groups excluding carboxylic acids is 1. The highest BCUT2D eigenvalue weighted by Crippen LogP contribution is 2.68. The molecule has 1 atom stereocenters. The molecular formula is C28H26N2OS. The van der Waals surface area contributed by atoms with Crippen molar-refractivity contribution in [2.75, 3.05) is 5.32 Å². The smallest absolute Gasteiger partial charge is 0.233 e. The highest BCUT2D eigenvalue weighted by atomic mass is 32.1. The minimum Gasteiger partial charge on any atom is -0.301 e. The van der Waals surface area contributed by atoms with Crippen LogP contribution in [0.1, 0.15) is 35.7 Å². The molecule has 5 rings (SSSR count). The van der Waals surface area contributed by atoms with Crippen LogP contribution in [-0.2, 0) is 23.1 Å². The molecule has 1 fully saturated rings. The molecule has 0 spiro atoms. The molecule has 1 N–H and O–H groups in total. The average Bonchev–Trinajstić information content (AvgIpc) is 3.27. The first-order valence-electron chi connectivity index (χ1n) is 11.0.